The Labute approximate surface area is 121 Å². The first-order valence-electron chi connectivity index (χ1n) is 6.65. The fraction of sp³-hybridized carbons (Fsp3) is 0.188. The van der Waals surface area contributed by atoms with Crippen molar-refractivity contribution in [3.05, 3.63) is 47.2 Å². The number of para-hydroxylation sites is 2. The molecule has 0 aliphatic carbocycles. The van der Waals surface area contributed by atoms with Gasteiger partial charge < -0.3 is 4.74 Å². The fourth-order valence-corrected chi connectivity index (χ4v) is 2.50. The molecular formula is C16H13N3O2. The predicted molar refractivity (Wildman–Crippen MR) is 78.1 cm³/mol. The molecule has 0 atom stereocenters. The summed E-state index contributed by atoms with van der Waals surface area (Å²) in [4.78, 5) is 16.5. The lowest BCUT2D eigenvalue weighted by Gasteiger charge is -2.08. The van der Waals surface area contributed by atoms with Gasteiger partial charge in [-0.3, -0.25) is 4.40 Å². The Morgan fingerprint density at radius 1 is 1.43 bits per heavy atom. The van der Waals surface area contributed by atoms with Crippen LogP contribution >= 0.6 is 0 Å². The van der Waals surface area contributed by atoms with Gasteiger partial charge in [-0.05, 0) is 32.0 Å². The lowest BCUT2D eigenvalue weighted by atomic mass is 10.1. The molecule has 5 nitrogen and oxygen atoms in total. The summed E-state index contributed by atoms with van der Waals surface area (Å²) in [7, 11) is 0. The monoisotopic (exact) mass is 279 g/mol. The first-order valence-corrected chi connectivity index (χ1v) is 6.65. The zero-order chi connectivity index (χ0) is 15.0. The van der Waals surface area contributed by atoms with E-state index in [0.717, 1.165) is 16.7 Å². The normalized spacial score (nSPS) is 10.7. The van der Waals surface area contributed by atoms with Crippen LogP contribution in [0.2, 0.25) is 0 Å². The minimum Gasteiger partial charge on any atom is -0.462 e. The molecule has 0 fully saturated rings. The first kappa shape index (κ1) is 13.1. The lowest BCUT2D eigenvalue weighted by molar-refractivity contribution is 0.0526. The van der Waals surface area contributed by atoms with Gasteiger partial charge in [0.25, 0.3) is 0 Å². The van der Waals surface area contributed by atoms with Crippen LogP contribution in [0.4, 0.5) is 0 Å². The largest absolute Gasteiger partial charge is 0.462 e. The number of esters is 1. The number of nitriles is 1. The van der Waals surface area contributed by atoms with Gasteiger partial charge in [0.05, 0.1) is 23.2 Å². The summed E-state index contributed by atoms with van der Waals surface area (Å²) >= 11 is 0. The maximum Gasteiger partial charge on any atom is 0.339 e. The summed E-state index contributed by atoms with van der Waals surface area (Å²) in [5, 5.41) is 9.44. The second kappa shape index (κ2) is 4.91. The molecule has 2 heterocycles. The minimum atomic E-state index is -0.494. The number of pyridine rings is 1. The molecule has 21 heavy (non-hydrogen) atoms. The molecule has 0 saturated carbocycles. The van der Waals surface area contributed by atoms with Crippen LogP contribution in [0.25, 0.3) is 16.7 Å². The summed E-state index contributed by atoms with van der Waals surface area (Å²) in [6.45, 7) is 3.88. The summed E-state index contributed by atoms with van der Waals surface area (Å²) in [5.74, 6) is -0.494. The van der Waals surface area contributed by atoms with E-state index in [1.54, 1.807) is 13.0 Å². The molecule has 3 rings (SSSR count). The molecule has 1 aromatic carbocycles. The fourth-order valence-electron chi connectivity index (χ4n) is 2.50. The van der Waals surface area contributed by atoms with Gasteiger partial charge in [-0.15, -0.1) is 0 Å². The lowest BCUT2D eigenvalue weighted by Crippen LogP contribution is -2.10. The average molecular weight is 279 g/mol. The van der Waals surface area contributed by atoms with Crippen molar-refractivity contribution in [3.63, 3.8) is 0 Å². The molecule has 3 aromatic rings. The number of ether oxygens (including phenoxy) is 1. The number of benzene rings is 1. The molecule has 0 amide bonds. The van der Waals surface area contributed by atoms with Gasteiger partial charge >= 0.3 is 5.97 Å². The molecule has 0 bridgehead atoms. The van der Waals surface area contributed by atoms with Gasteiger partial charge in [-0.1, -0.05) is 12.1 Å². The molecule has 0 unspecified atom stereocenters. The molecule has 5 heteroatoms. The number of hydrogen-bond donors (Lipinski definition) is 0. The molecule has 0 aliphatic rings. The van der Waals surface area contributed by atoms with Crippen LogP contribution in [0.3, 0.4) is 0 Å². The van der Waals surface area contributed by atoms with Gasteiger partial charge in [-0.25, -0.2) is 9.78 Å². The van der Waals surface area contributed by atoms with Gasteiger partial charge in [0, 0.05) is 5.69 Å². The van der Waals surface area contributed by atoms with E-state index in [4.69, 9.17) is 4.74 Å². The molecule has 104 valence electrons. The molecule has 0 aliphatic heterocycles. The van der Waals surface area contributed by atoms with Crippen LogP contribution in [0.5, 0.6) is 0 Å². The Morgan fingerprint density at radius 3 is 2.90 bits per heavy atom. The first-order chi connectivity index (χ1) is 10.2. The third-order valence-electron chi connectivity index (χ3n) is 3.37. The Morgan fingerprint density at radius 2 is 2.19 bits per heavy atom. The van der Waals surface area contributed by atoms with Gasteiger partial charge in [-0.2, -0.15) is 5.26 Å². The highest BCUT2D eigenvalue weighted by Gasteiger charge is 2.20. The van der Waals surface area contributed by atoms with Crippen molar-refractivity contribution in [1.82, 2.24) is 9.38 Å². The van der Waals surface area contributed by atoms with E-state index in [9.17, 15) is 10.1 Å². The minimum absolute atomic E-state index is 0.246. The average Bonchev–Trinajstić information content (AvgIpc) is 2.87. The number of carbonyl (C=O) groups is 1. The van der Waals surface area contributed by atoms with Crippen molar-refractivity contribution >= 4 is 22.6 Å². The number of hydrogen-bond acceptors (Lipinski definition) is 4. The number of rotatable bonds is 2. The molecule has 0 saturated heterocycles. The van der Waals surface area contributed by atoms with E-state index in [2.05, 4.69) is 11.1 Å². The second-order valence-corrected chi connectivity index (χ2v) is 4.67. The second-order valence-electron chi connectivity index (χ2n) is 4.67. The molecular weight excluding hydrogens is 266 g/mol. The predicted octanol–water partition coefficient (Wildman–Crippen LogP) is 2.84. The van der Waals surface area contributed by atoms with Crippen LogP contribution in [-0.2, 0) is 4.74 Å². The van der Waals surface area contributed by atoms with E-state index in [-0.39, 0.29) is 17.7 Å². The van der Waals surface area contributed by atoms with Gasteiger partial charge in [0.1, 0.15) is 11.6 Å². The van der Waals surface area contributed by atoms with Gasteiger partial charge in [0.15, 0.2) is 5.65 Å². The highest BCUT2D eigenvalue weighted by molar-refractivity contribution is 5.96. The summed E-state index contributed by atoms with van der Waals surface area (Å²) in [6.07, 6.45) is 0. The summed E-state index contributed by atoms with van der Waals surface area (Å²) < 4.78 is 6.91. The summed E-state index contributed by atoms with van der Waals surface area (Å²) in [6, 6.07) is 11.4. The summed E-state index contributed by atoms with van der Waals surface area (Å²) in [5.41, 5.74) is 3.53. The smallest absolute Gasteiger partial charge is 0.339 e. The number of aryl methyl sites for hydroxylation is 1. The SMILES string of the molecule is CCOC(=O)c1cc(C)n2c(nc3ccccc32)c1C#N. The Kier molecular flexibility index (Phi) is 3.07. The zero-order valence-electron chi connectivity index (χ0n) is 11.8. The van der Waals surface area contributed by atoms with E-state index in [1.165, 1.54) is 0 Å². The topological polar surface area (TPSA) is 67.4 Å². The van der Waals surface area contributed by atoms with Crippen molar-refractivity contribution in [2.75, 3.05) is 6.61 Å². The number of imidazole rings is 1. The van der Waals surface area contributed by atoms with E-state index < -0.39 is 5.97 Å². The standard InChI is InChI=1S/C16H13N3O2/c1-3-21-16(20)11-8-10(2)19-14-7-5-4-6-13(14)18-15(19)12(11)9-17/h4-8H,3H2,1-2H3. The number of carbonyl (C=O) groups excluding carboxylic acids is 1. The maximum absolute atomic E-state index is 12.0. The zero-order valence-corrected chi connectivity index (χ0v) is 11.8. The number of fused-ring (bicyclic) bond motifs is 3. The maximum atomic E-state index is 12.0. The third-order valence-corrected chi connectivity index (χ3v) is 3.37. The molecule has 2 aromatic heterocycles. The Hall–Kier alpha value is -2.87. The molecule has 0 radical (unpaired) electrons. The highest BCUT2D eigenvalue weighted by Crippen LogP contribution is 2.24. The molecule has 0 N–H and O–H groups in total. The van der Waals surface area contributed by atoms with Crippen molar-refractivity contribution in [3.8, 4) is 6.07 Å². The van der Waals surface area contributed by atoms with Crippen molar-refractivity contribution in [2.24, 2.45) is 0 Å². The highest BCUT2D eigenvalue weighted by atomic mass is 16.5. The van der Waals surface area contributed by atoms with Crippen LogP contribution in [0.1, 0.15) is 28.5 Å². The number of nitrogens with zero attached hydrogens (tertiary/aromatic N) is 3. The Balaban J connectivity index is 2.42. The number of aromatic nitrogens is 2. The molecule has 0 spiro atoms. The van der Waals surface area contributed by atoms with Crippen molar-refractivity contribution in [1.29, 1.82) is 5.26 Å². The quantitative estimate of drug-likeness (QED) is 0.676. The van der Waals surface area contributed by atoms with E-state index >= 15 is 0 Å². The van der Waals surface area contributed by atoms with Crippen LogP contribution in [-0.4, -0.2) is 22.0 Å². The van der Waals surface area contributed by atoms with E-state index in [0.29, 0.717) is 5.65 Å². The Bertz CT molecular complexity index is 903. The van der Waals surface area contributed by atoms with Gasteiger partial charge in [0.2, 0.25) is 0 Å². The van der Waals surface area contributed by atoms with Crippen LogP contribution in [0.15, 0.2) is 30.3 Å². The van der Waals surface area contributed by atoms with Crippen molar-refractivity contribution < 1.29 is 9.53 Å². The van der Waals surface area contributed by atoms with Crippen LogP contribution < -0.4 is 0 Å². The van der Waals surface area contributed by atoms with Crippen molar-refractivity contribution in [2.45, 2.75) is 13.8 Å². The van der Waals surface area contributed by atoms with E-state index in [1.807, 2.05) is 35.6 Å². The third kappa shape index (κ3) is 1.93. The van der Waals surface area contributed by atoms with Crippen LogP contribution in [0, 0.1) is 18.3 Å².